The van der Waals surface area contributed by atoms with Gasteiger partial charge in [-0.2, -0.15) is 0 Å². The van der Waals surface area contributed by atoms with Gasteiger partial charge in [-0.05, 0) is 12.2 Å². The zero-order valence-electron chi connectivity index (χ0n) is 9.47. The van der Waals surface area contributed by atoms with Crippen molar-refractivity contribution in [3.8, 4) is 0 Å². The average molecular weight is 230 g/mol. The first-order valence-electron chi connectivity index (χ1n) is 5.84. The minimum Gasteiger partial charge on any atom is -0.369 e. The predicted octanol–water partition coefficient (Wildman–Crippen LogP) is -0.0290. The Morgan fingerprint density at radius 1 is 1.35 bits per heavy atom. The molecule has 2 heterocycles. The minimum atomic E-state index is -0.272. The van der Waals surface area contributed by atoms with Crippen molar-refractivity contribution in [3.05, 3.63) is 23.9 Å². The number of allylic oxidation sites excluding steroid dienone is 2. The molecule has 0 aromatic heterocycles. The molecule has 0 spiro atoms. The maximum atomic E-state index is 11.5. The topological polar surface area (TPSA) is 57.1 Å². The number of fused-ring (bicyclic) bond motifs is 1. The van der Waals surface area contributed by atoms with E-state index in [1.54, 1.807) is 0 Å². The Morgan fingerprint density at radius 2 is 2.18 bits per heavy atom. The second-order valence-corrected chi connectivity index (χ2v) is 4.28. The molecule has 0 aromatic rings. The van der Waals surface area contributed by atoms with Gasteiger partial charge in [-0.1, -0.05) is 6.08 Å². The molecule has 1 fully saturated rings. The van der Waals surface area contributed by atoms with Crippen LogP contribution in [-0.2, 0) is 4.79 Å². The van der Waals surface area contributed by atoms with E-state index in [1.165, 1.54) is 6.34 Å². The number of rotatable bonds is 1. The largest absolute Gasteiger partial charge is 0.369 e. The fourth-order valence-electron chi connectivity index (χ4n) is 2.26. The van der Waals surface area contributed by atoms with Crippen molar-refractivity contribution in [1.29, 1.82) is 0 Å². The molecule has 1 atom stereocenters. The van der Waals surface area contributed by atoms with E-state index in [0.717, 1.165) is 37.6 Å². The Labute approximate surface area is 99.6 Å². The third-order valence-corrected chi connectivity index (χ3v) is 3.21. The summed E-state index contributed by atoms with van der Waals surface area (Å²) in [6.07, 6.45) is 7.25. The maximum absolute atomic E-state index is 11.5. The number of hydrogen-bond acceptors (Lipinski definition) is 4. The summed E-state index contributed by atoms with van der Waals surface area (Å²) in [4.78, 5) is 21.7. The van der Waals surface area contributed by atoms with Crippen LogP contribution in [-0.4, -0.2) is 49.0 Å². The van der Waals surface area contributed by atoms with Crippen LogP contribution in [0.25, 0.3) is 0 Å². The first-order valence-corrected chi connectivity index (χ1v) is 5.84. The number of piperazine rings is 1. The Balaban J connectivity index is 1.84. The monoisotopic (exact) mass is 230 g/mol. The first-order chi connectivity index (χ1) is 8.34. The number of hydrogen-bond donors (Lipinski definition) is 1. The van der Waals surface area contributed by atoms with Crippen molar-refractivity contribution in [1.82, 2.24) is 10.2 Å². The first kappa shape index (κ1) is 10.4. The van der Waals surface area contributed by atoms with Crippen molar-refractivity contribution < 1.29 is 4.79 Å². The average Bonchev–Trinajstić information content (AvgIpc) is 2.40. The van der Waals surface area contributed by atoms with Crippen LogP contribution < -0.4 is 5.32 Å². The summed E-state index contributed by atoms with van der Waals surface area (Å²) in [7, 11) is 0. The van der Waals surface area contributed by atoms with Crippen molar-refractivity contribution >= 4 is 18.0 Å². The maximum Gasteiger partial charge on any atom is 0.260 e. The van der Waals surface area contributed by atoms with Gasteiger partial charge in [0.25, 0.3) is 5.91 Å². The fourth-order valence-corrected chi connectivity index (χ4v) is 2.26. The zero-order valence-corrected chi connectivity index (χ0v) is 9.47. The lowest BCUT2D eigenvalue weighted by Crippen LogP contribution is -2.43. The second kappa shape index (κ2) is 4.25. The number of nitrogens with zero attached hydrogens (tertiary/aromatic N) is 3. The molecule has 3 rings (SSSR count). The van der Waals surface area contributed by atoms with E-state index in [0.29, 0.717) is 0 Å². The highest BCUT2D eigenvalue weighted by molar-refractivity contribution is 6.18. The van der Waals surface area contributed by atoms with E-state index in [1.807, 2.05) is 18.2 Å². The molecule has 1 saturated heterocycles. The lowest BCUT2D eigenvalue weighted by Gasteiger charge is -2.32. The van der Waals surface area contributed by atoms with Crippen LogP contribution in [0.3, 0.4) is 0 Å². The molecule has 0 radical (unpaired) electrons. The summed E-state index contributed by atoms with van der Waals surface area (Å²) in [5.74, 6) is -0.395. The van der Waals surface area contributed by atoms with Gasteiger partial charge in [0.1, 0.15) is 12.3 Å². The fraction of sp³-hybridized carbons (Fsp3) is 0.417. The van der Waals surface area contributed by atoms with Gasteiger partial charge in [0, 0.05) is 31.9 Å². The molecular formula is C12H14N4O. The summed E-state index contributed by atoms with van der Waals surface area (Å²) >= 11 is 0. The number of carbonyl (C=O) groups excluding carboxylic acids is 1. The number of nitrogens with one attached hydrogen (secondary N) is 1. The molecule has 1 aliphatic carbocycles. The van der Waals surface area contributed by atoms with Gasteiger partial charge < -0.3 is 10.2 Å². The van der Waals surface area contributed by atoms with Crippen LogP contribution in [0.5, 0.6) is 0 Å². The van der Waals surface area contributed by atoms with E-state index in [-0.39, 0.29) is 11.8 Å². The van der Waals surface area contributed by atoms with E-state index < -0.39 is 0 Å². The molecule has 2 aliphatic heterocycles. The van der Waals surface area contributed by atoms with Gasteiger partial charge >= 0.3 is 0 Å². The second-order valence-electron chi connectivity index (χ2n) is 4.28. The Morgan fingerprint density at radius 3 is 3.00 bits per heavy atom. The predicted molar refractivity (Wildman–Crippen MR) is 66.1 cm³/mol. The molecule has 1 amide bonds. The lowest BCUT2D eigenvalue weighted by molar-refractivity contribution is -0.118. The van der Waals surface area contributed by atoms with Crippen molar-refractivity contribution in [2.24, 2.45) is 15.9 Å². The van der Waals surface area contributed by atoms with Crippen LogP contribution in [0.2, 0.25) is 0 Å². The summed E-state index contributed by atoms with van der Waals surface area (Å²) in [6.45, 7) is 4.00. The van der Waals surface area contributed by atoms with Crippen LogP contribution >= 0.6 is 0 Å². The van der Waals surface area contributed by atoms with Crippen LogP contribution in [0, 0.1) is 5.92 Å². The molecule has 0 bridgehead atoms. The Hall–Kier alpha value is -1.75. The Kier molecular flexibility index (Phi) is 2.60. The molecule has 17 heavy (non-hydrogen) atoms. The molecule has 3 aliphatic rings. The summed E-state index contributed by atoms with van der Waals surface area (Å²) < 4.78 is 0. The smallest absolute Gasteiger partial charge is 0.260 e. The highest BCUT2D eigenvalue weighted by atomic mass is 16.1. The van der Waals surface area contributed by atoms with E-state index in [2.05, 4.69) is 20.2 Å². The SMILES string of the molecule is O=C1N=CN=C2C=C(N3CCNCC3)C=CC12. The van der Waals surface area contributed by atoms with E-state index in [9.17, 15) is 4.79 Å². The molecule has 5 nitrogen and oxygen atoms in total. The molecular weight excluding hydrogens is 216 g/mol. The van der Waals surface area contributed by atoms with Gasteiger partial charge in [-0.25, -0.2) is 9.98 Å². The number of amides is 1. The van der Waals surface area contributed by atoms with Gasteiger partial charge in [-0.15, -0.1) is 0 Å². The molecule has 1 N–H and O–H groups in total. The highest BCUT2D eigenvalue weighted by Gasteiger charge is 2.26. The number of carbonyl (C=O) groups is 1. The summed E-state index contributed by atoms with van der Waals surface area (Å²) in [6, 6.07) is 0. The van der Waals surface area contributed by atoms with Gasteiger partial charge in [0.05, 0.1) is 5.71 Å². The molecule has 1 unspecified atom stereocenters. The van der Waals surface area contributed by atoms with E-state index >= 15 is 0 Å². The third kappa shape index (κ3) is 1.93. The van der Waals surface area contributed by atoms with Crippen molar-refractivity contribution in [2.45, 2.75) is 0 Å². The summed E-state index contributed by atoms with van der Waals surface area (Å²) in [5, 5.41) is 3.32. The van der Waals surface area contributed by atoms with Gasteiger partial charge in [0.15, 0.2) is 0 Å². The zero-order chi connectivity index (χ0) is 11.7. The molecule has 0 saturated carbocycles. The Bertz CT molecular complexity index is 455. The molecule has 5 heteroatoms. The van der Waals surface area contributed by atoms with Crippen LogP contribution in [0.15, 0.2) is 33.9 Å². The molecule has 0 aromatic carbocycles. The van der Waals surface area contributed by atoms with Crippen molar-refractivity contribution in [2.75, 3.05) is 26.2 Å². The lowest BCUT2D eigenvalue weighted by atomic mass is 9.95. The van der Waals surface area contributed by atoms with Gasteiger partial charge in [0.2, 0.25) is 0 Å². The quantitative estimate of drug-likeness (QED) is 0.688. The summed E-state index contributed by atoms with van der Waals surface area (Å²) in [5.41, 5.74) is 1.95. The van der Waals surface area contributed by atoms with Gasteiger partial charge in [-0.3, -0.25) is 4.79 Å². The van der Waals surface area contributed by atoms with Crippen LogP contribution in [0.4, 0.5) is 0 Å². The van der Waals surface area contributed by atoms with E-state index in [4.69, 9.17) is 0 Å². The number of aliphatic imine (C=N–C) groups is 2. The standard InChI is InChI=1S/C12H14N4O/c17-12-10-2-1-9(7-11(10)14-8-15-12)16-5-3-13-4-6-16/h1-2,7-8,10,13H,3-6H2. The normalized spacial score (nSPS) is 27.6. The minimum absolute atomic E-state index is 0.123. The third-order valence-electron chi connectivity index (χ3n) is 3.21. The highest BCUT2D eigenvalue weighted by Crippen LogP contribution is 2.20. The van der Waals surface area contributed by atoms with Crippen LogP contribution in [0.1, 0.15) is 0 Å². The van der Waals surface area contributed by atoms with Crippen molar-refractivity contribution in [3.63, 3.8) is 0 Å². The molecule has 88 valence electrons.